The van der Waals surface area contributed by atoms with Gasteiger partial charge in [-0.1, -0.05) is 22.0 Å². The van der Waals surface area contributed by atoms with Crippen molar-refractivity contribution in [2.24, 2.45) is 0 Å². The monoisotopic (exact) mass is 443 g/mol. The Morgan fingerprint density at radius 3 is 3.00 bits per heavy atom. The van der Waals surface area contributed by atoms with E-state index < -0.39 is 0 Å². The molecule has 0 aliphatic heterocycles. The highest BCUT2D eigenvalue weighted by molar-refractivity contribution is 9.10. The molecule has 8 heteroatoms. The normalized spacial score (nSPS) is 13.4. The van der Waals surface area contributed by atoms with E-state index >= 15 is 0 Å². The van der Waals surface area contributed by atoms with Crippen molar-refractivity contribution in [3.63, 3.8) is 0 Å². The van der Waals surface area contributed by atoms with E-state index in [4.69, 9.17) is 9.84 Å². The molecular weight excluding hydrogens is 422 g/mol. The lowest BCUT2D eigenvalue weighted by Gasteiger charge is -2.14. The molecule has 0 bridgehead atoms. The van der Waals surface area contributed by atoms with Gasteiger partial charge in [0, 0.05) is 29.0 Å². The van der Waals surface area contributed by atoms with Crippen LogP contribution in [0.2, 0.25) is 0 Å². The van der Waals surface area contributed by atoms with Crippen molar-refractivity contribution in [3.05, 3.63) is 58.1 Å². The van der Waals surface area contributed by atoms with Gasteiger partial charge in [0.25, 0.3) is 5.91 Å². The molecule has 1 aliphatic rings. The minimum absolute atomic E-state index is 0.196. The molecule has 1 N–H and O–H groups in total. The molecule has 28 heavy (non-hydrogen) atoms. The minimum atomic E-state index is -0.196. The third kappa shape index (κ3) is 3.88. The molecule has 0 fully saturated rings. The molecule has 0 saturated heterocycles. The Morgan fingerprint density at radius 1 is 1.32 bits per heavy atom. The van der Waals surface area contributed by atoms with Crippen LogP contribution >= 0.6 is 15.9 Å². The van der Waals surface area contributed by atoms with Gasteiger partial charge in [-0.2, -0.15) is 10.2 Å². The predicted octanol–water partition coefficient (Wildman–Crippen LogP) is 3.61. The molecule has 0 atom stereocenters. The summed E-state index contributed by atoms with van der Waals surface area (Å²) in [5.41, 5.74) is 4.29. The van der Waals surface area contributed by atoms with Crippen molar-refractivity contribution in [1.29, 1.82) is 0 Å². The molecule has 0 radical (unpaired) electrons. The van der Waals surface area contributed by atoms with Gasteiger partial charge in [0.05, 0.1) is 30.7 Å². The number of methoxy groups -OCH3 is 1. The fourth-order valence-corrected chi connectivity index (χ4v) is 3.92. The van der Waals surface area contributed by atoms with Gasteiger partial charge in [0.1, 0.15) is 0 Å². The number of carbonyl (C=O) groups is 1. The third-order valence-corrected chi connectivity index (χ3v) is 5.36. The third-order valence-electron chi connectivity index (χ3n) is 4.86. The van der Waals surface area contributed by atoms with E-state index in [1.165, 1.54) is 0 Å². The number of nitrogens with one attached hydrogen (secondary N) is 1. The Bertz CT molecular complexity index is 994. The number of halogens is 1. The summed E-state index contributed by atoms with van der Waals surface area (Å²) in [5, 5.41) is 11.9. The van der Waals surface area contributed by atoms with Crippen LogP contribution in [0, 0.1) is 0 Å². The molecule has 3 aromatic rings. The highest BCUT2D eigenvalue weighted by atomic mass is 79.9. The van der Waals surface area contributed by atoms with Gasteiger partial charge >= 0.3 is 0 Å². The van der Waals surface area contributed by atoms with Crippen LogP contribution in [0.25, 0.3) is 5.69 Å². The fourth-order valence-electron chi connectivity index (χ4n) is 3.53. The maximum absolute atomic E-state index is 13.0. The molecule has 7 nitrogen and oxygen atoms in total. The first-order valence-corrected chi connectivity index (χ1v) is 10.1. The summed E-state index contributed by atoms with van der Waals surface area (Å²) in [4.78, 5) is 13.0. The largest absolute Gasteiger partial charge is 0.383 e. The molecule has 0 unspecified atom stereocenters. The summed E-state index contributed by atoms with van der Waals surface area (Å²) in [7, 11) is 1.65. The van der Waals surface area contributed by atoms with Gasteiger partial charge in [0.15, 0.2) is 5.69 Å². The summed E-state index contributed by atoms with van der Waals surface area (Å²) in [6, 6.07) is 7.98. The van der Waals surface area contributed by atoms with Gasteiger partial charge in [0.2, 0.25) is 0 Å². The molecule has 4 rings (SSSR count). The van der Waals surface area contributed by atoms with Gasteiger partial charge in [-0.15, -0.1) is 0 Å². The number of fused-ring (bicyclic) bond motifs is 1. The second-order valence-corrected chi connectivity index (χ2v) is 7.73. The van der Waals surface area contributed by atoms with E-state index in [0.29, 0.717) is 24.5 Å². The van der Waals surface area contributed by atoms with E-state index in [0.717, 1.165) is 47.1 Å². The van der Waals surface area contributed by atoms with Crippen LogP contribution in [-0.4, -0.2) is 39.2 Å². The maximum Gasteiger partial charge on any atom is 0.276 e. The molecule has 1 aliphatic carbocycles. The Morgan fingerprint density at radius 2 is 2.18 bits per heavy atom. The van der Waals surface area contributed by atoms with Gasteiger partial charge < -0.3 is 10.1 Å². The topological polar surface area (TPSA) is 74.0 Å². The van der Waals surface area contributed by atoms with Crippen molar-refractivity contribution in [2.75, 3.05) is 19.0 Å². The first kappa shape index (κ1) is 18.9. The van der Waals surface area contributed by atoms with Crippen LogP contribution in [0.5, 0.6) is 0 Å². The van der Waals surface area contributed by atoms with Crippen LogP contribution in [-0.2, 0) is 24.1 Å². The highest BCUT2D eigenvalue weighted by Crippen LogP contribution is 2.28. The zero-order valence-corrected chi connectivity index (χ0v) is 17.3. The molecule has 1 amide bonds. The zero-order valence-electron chi connectivity index (χ0n) is 15.7. The van der Waals surface area contributed by atoms with Crippen LogP contribution in [0.4, 0.5) is 5.69 Å². The Labute approximate surface area is 171 Å². The lowest BCUT2D eigenvalue weighted by molar-refractivity contribution is 0.102. The summed E-state index contributed by atoms with van der Waals surface area (Å²) < 4.78 is 9.70. The number of aromatic nitrogens is 4. The zero-order chi connectivity index (χ0) is 19.5. The second-order valence-electron chi connectivity index (χ2n) is 6.81. The standard InChI is InChI=1S/C20H22BrN5O2/c1-28-10-9-25-13-15(12-22-25)23-20(27)19-17-7-2-3-8-18(17)26(24-19)16-6-4-5-14(21)11-16/h4-6,11-13H,2-3,7-10H2,1H3,(H,23,27). The molecule has 0 spiro atoms. The first-order valence-electron chi connectivity index (χ1n) is 9.35. The van der Waals surface area contributed by atoms with E-state index in [-0.39, 0.29) is 5.91 Å². The Balaban J connectivity index is 1.62. The molecule has 2 heterocycles. The lowest BCUT2D eigenvalue weighted by atomic mass is 9.95. The minimum Gasteiger partial charge on any atom is -0.383 e. The molecule has 1 aromatic carbocycles. The first-order chi connectivity index (χ1) is 13.7. The van der Waals surface area contributed by atoms with E-state index in [9.17, 15) is 4.79 Å². The van der Waals surface area contributed by atoms with Crippen molar-refractivity contribution < 1.29 is 9.53 Å². The molecule has 146 valence electrons. The van der Waals surface area contributed by atoms with Crippen molar-refractivity contribution in [2.45, 2.75) is 32.2 Å². The number of rotatable bonds is 6. The van der Waals surface area contributed by atoms with Crippen molar-refractivity contribution in [3.8, 4) is 5.69 Å². The van der Waals surface area contributed by atoms with Crippen LogP contribution in [0.15, 0.2) is 41.1 Å². The van der Waals surface area contributed by atoms with Gasteiger partial charge in [-0.05, 0) is 43.9 Å². The lowest BCUT2D eigenvalue weighted by Crippen LogP contribution is -2.15. The number of anilines is 1. The summed E-state index contributed by atoms with van der Waals surface area (Å²) in [5.74, 6) is -0.196. The van der Waals surface area contributed by atoms with E-state index in [2.05, 4.69) is 26.3 Å². The van der Waals surface area contributed by atoms with Crippen LogP contribution < -0.4 is 5.32 Å². The van der Waals surface area contributed by atoms with Gasteiger partial charge in [-0.3, -0.25) is 9.48 Å². The Kier molecular flexibility index (Phi) is 5.59. The molecule has 2 aromatic heterocycles. The quantitative estimate of drug-likeness (QED) is 0.631. The smallest absolute Gasteiger partial charge is 0.276 e. The number of amides is 1. The summed E-state index contributed by atoms with van der Waals surface area (Å²) >= 11 is 3.52. The number of hydrogen-bond acceptors (Lipinski definition) is 4. The molecular formula is C20H22BrN5O2. The Hall–Kier alpha value is -2.45. The molecule has 0 saturated carbocycles. The second kappa shape index (κ2) is 8.28. The number of nitrogens with zero attached hydrogens (tertiary/aromatic N) is 4. The number of ether oxygens (including phenoxy) is 1. The summed E-state index contributed by atoms with van der Waals surface area (Å²) in [6.07, 6.45) is 7.43. The highest BCUT2D eigenvalue weighted by Gasteiger charge is 2.26. The maximum atomic E-state index is 13.0. The summed E-state index contributed by atoms with van der Waals surface area (Å²) in [6.45, 7) is 1.21. The average Bonchev–Trinajstić information content (AvgIpc) is 3.31. The predicted molar refractivity (Wildman–Crippen MR) is 110 cm³/mol. The van der Waals surface area contributed by atoms with E-state index in [1.54, 1.807) is 24.2 Å². The van der Waals surface area contributed by atoms with Crippen LogP contribution in [0.1, 0.15) is 34.6 Å². The van der Waals surface area contributed by atoms with Crippen molar-refractivity contribution in [1.82, 2.24) is 19.6 Å². The number of benzene rings is 1. The average molecular weight is 444 g/mol. The number of hydrogen-bond donors (Lipinski definition) is 1. The van der Waals surface area contributed by atoms with Crippen LogP contribution in [0.3, 0.4) is 0 Å². The van der Waals surface area contributed by atoms with E-state index in [1.807, 2.05) is 28.9 Å². The fraction of sp³-hybridized carbons (Fsp3) is 0.350. The van der Waals surface area contributed by atoms with Crippen molar-refractivity contribution >= 4 is 27.5 Å². The number of carbonyl (C=O) groups excluding carboxylic acids is 1. The van der Waals surface area contributed by atoms with Gasteiger partial charge in [-0.25, -0.2) is 4.68 Å². The SMILES string of the molecule is COCCn1cc(NC(=O)c2nn(-c3cccc(Br)c3)c3c2CCCC3)cn1.